The van der Waals surface area contributed by atoms with Crippen molar-refractivity contribution in [2.75, 3.05) is 13.2 Å². The summed E-state index contributed by atoms with van der Waals surface area (Å²) in [4.78, 5) is 38.2. The van der Waals surface area contributed by atoms with Gasteiger partial charge in [-0.1, -0.05) is 13.8 Å². The predicted octanol–water partition coefficient (Wildman–Crippen LogP) is 5.34. The van der Waals surface area contributed by atoms with Crippen molar-refractivity contribution >= 4 is 5.91 Å². The van der Waals surface area contributed by atoms with Crippen molar-refractivity contribution < 1.29 is 14.3 Å². The summed E-state index contributed by atoms with van der Waals surface area (Å²) in [6, 6.07) is 7.11. The highest BCUT2D eigenvalue weighted by atomic mass is 16.5. The first-order valence-corrected chi connectivity index (χ1v) is 14.5. The highest BCUT2D eigenvalue weighted by molar-refractivity contribution is 5.78. The zero-order valence-electron chi connectivity index (χ0n) is 26.3. The second-order valence-electron chi connectivity index (χ2n) is 10.3. The van der Waals surface area contributed by atoms with Gasteiger partial charge in [0, 0.05) is 30.7 Å². The second kappa shape index (κ2) is 15.6. The zero-order chi connectivity index (χ0) is 31.5. The number of ether oxygens (including phenoxy) is 2. The Balaban J connectivity index is 0.000000242. The van der Waals surface area contributed by atoms with E-state index in [4.69, 9.17) is 15.2 Å². The number of nitrogens with two attached hydrogens (primary N) is 1. The summed E-state index contributed by atoms with van der Waals surface area (Å²) >= 11 is 0. The molecule has 3 N–H and O–H groups in total. The quantitative estimate of drug-likeness (QED) is 0.249. The van der Waals surface area contributed by atoms with E-state index >= 15 is 0 Å². The predicted molar refractivity (Wildman–Crippen MR) is 166 cm³/mol. The fraction of sp³-hybridized carbons (Fsp3) is 0.406. The number of aromatic nitrogens is 6. The van der Waals surface area contributed by atoms with Crippen molar-refractivity contribution in [3.05, 3.63) is 71.8 Å². The number of hydrogen-bond acceptors (Lipinski definition) is 10. The molecule has 4 heterocycles. The van der Waals surface area contributed by atoms with E-state index in [9.17, 15) is 4.79 Å². The van der Waals surface area contributed by atoms with E-state index in [0.29, 0.717) is 36.6 Å². The monoisotopic (exact) mass is 586 g/mol. The van der Waals surface area contributed by atoms with E-state index in [1.54, 1.807) is 24.8 Å². The summed E-state index contributed by atoms with van der Waals surface area (Å²) < 4.78 is 11.1. The normalized spacial score (nSPS) is 12.1. The van der Waals surface area contributed by atoms with Gasteiger partial charge < -0.3 is 20.5 Å². The lowest BCUT2D eigenvalue weighted by Crippen LogP contribution is -2.31. The van der Waals surface area contributed by atoms with Gasteiger partial charge in [-0.15, -0.1) is 0 Å². The molecule has 0 fully saturated rings. The molecule has 11 heteroatoms. The number of nitrogens with zero attached hydrogens (tertiary/aromatic N) is 6. The third kappa shape index (κ3) is 8.74. The summed E-state index contributed by atoms with van der Waals surface area (Å²) in [5, 5.41) is 2.92. The molecule has 0 spiro atoms. The Bertz CT molecular complexity index is 1510. The maximum atomic E-state index is 11.9. The lowest BCUT2D eigenvalue weighted by Gasteiger charge is -2.16. The van der Waals surface area contributed by atoms with Crippen LogP contribution < -0.4 is 20.5 Å². The average molecular weight is 587 g/mol. The summed E-state index contributed by atoms with van der Waals surface area (Å²) in [5.74, 6) is 2.21. The molecule has 0 aliphatic carbocycles. The van der Waals surface area contributed by atoms with E-state index in [2.05, 4.69) is 35.2 Å². The van der Waals surface area contributed by atoms with Gasteiger partial charge in [0.2, 0.25) is 17.7 Å². The molecule has 0 aliphatic rings. The molecule has 11 nitrogen and oxygen atoms in total. The maximum Gasteiger partial charge on any atom is 0.223 e. The lowest BCUT2D eigenvalue weighted by atomic mass is 10.1. The van der Waals surface area contributed by atoms with Crippen molar-refractivity contribution in [1.82, 2.24) is 35.2 Å². The van der Waals surface area contributed by atoms with Crippen molar-refractivity contribution in [2.45, 2.75) is 67.5 Å². The van der Waals surface area contributed by atoms with Gasteiger partial charge in [0.15, 0.2) is 5.82 Å². The Labute approximate surface area is 253 Å². The summed E-state index contributed by atoms with van der Waals surface area (Å²) in [7, 11) is 0. The molecular formula is C32H42N8O3. The van der Waals surface area contributed by atoms with Crippen LogP contribution in [0.3, 0.4) is 0 Å². The number of nitrogens with one attached hydrogen (secondary N) is 1. The number of pyridine rings is 2. The fourth-order valence-electron chi connectivity index (χ4n) is 3.97. The first-order valence-electron chi connectivity index (χ1n) is 14.5. The number of aryl methyl sites for hydroxylation is 2. The van der Waals surface area contributed by atoms with Crippen LogP contribution in [0.1, 0.15) is 76.4 Å². The topological polar surface area (TPSA) is 151 Å². The number of carbonyl (C=O) groups is 1. The minimum atomic E-state index is -0.272. The Kier molecular flexibility index (Phi) is 12.0. The molecule has 43 heavy (non-hydrogen) atoms. The van der Waals surface area contributed by atoms with E-state index in [-0.39, 0.29) is 23.9 Å². The van der Waals surface area contributed by atoms with Gasteiger partial charge in [-0.25, -0.2) is 29.9 Å². The first kappa shape index (κ1) is 33.0. The van der Waals surface area contributed by atoms with Crippen LogP contribution in [0.4, 0.5) is 0 Å². The van der Waals surface area contributed by atoms with E-state index in [0.717, 1.165) is 33.6 Å². The lowest BCUT2D eigenvalue weighted by molar-refractivity contribution is -0.124. The highest BCUT2D eigenvalue weighted by Gasteiger charge is 2.18. The van der Waals surface area contributed by atoms with Crippen molar-refractivity contribution in [1.29, 1.82) is 0 Å². The Morgan fingerprint density at radius 3 is 1.70 bits per heavy atom. The smallest absolute Gasteiger partial charge is 0.223 e. The molecule has 0 bridgehead atoms. The summed E-state index contributed by atoms with van der Waals surface area (Å²) in [5.41, 5.74) is 11.0. The van der Waals surface area contributed by atoms with E-state index in [1.807, 2.05) is 79.7 Å². The molecule has 2 unspecified atom stereocenters. The van der Waals surface area contributed by atoms with Crippen LogP contribution in [0.25, 0.3) is 22.5 Å². The van der Waals surface area contributed by atoms with Crippen molar-refractivity contribution in [3.63, 3.8) is 0 Å². The number of hydrogen-bond donors (Lipinski definition) is 2. The van der Waals surface area contributed by atoms with Gasteiger partial charge in [-0.2, -0.15) is 0 Å². The van der Waals surface area contributed by atoms with Gasteiger partial charge in [-0.3, -0.25) is 4.79 Å². The molecule has 4 aromatic rings. The van der Waals surface area contributed by atoms with Crippen LogP contribution in [0.2, 0.25) is 0 Å². The standard InChI is InChI=1S/C18H24N4O2.C14H18N4O/c1-6-24-18-14(8-7-9-19-18)15-12(4)10-20-16(22-15)13(5)21-17(23)11(2)3;1-4-19-14-11(6-5-7-16-14)12-9(2)8-17-13(18-12)10(3)15/h7-11,13H,6H2,1-5H3,(H,21,23);5-8,10H,4,15H2,1-3H3. The van der Waals surface area contributed by atoms with Crippen LogP contribution in [-0.4, -0.2) is 49.0 Å². The molecule has 4 rings (SSSR count). The Hall–Kier alpha value is -4.51. The van der Waals surface area contributed by atoms with E-state index in [1.165, 1.54) is 0 Å². The molecule has 0 aromatic carbocycles. The first-order chi connectivity index (χ1) is 20.6. The minimum absolute atomic E-state index is 0.0235. The Morgan fingerprint density at radius 1 is 0.791 bits per heavy atom. The van der Waals surface area contributed by atoms with Crippen LogP contribution in [0.5, 0.6) is 11.8 Å². The van der Waals surface area contributed by atoms with Crippen molar-refractivity contribution in [2.24, 2.45) is 11.7 Å². The number of rotatable bonds is 10. The largest absolute Gasteiger partial charge is 0.477 e. The summed E-state index contributed by atoms with van der Waals surface area (Å²) in [6.45, 7) is 16.3. The fourth-order valence-corrected chi connectivity index (χ4v) is 3.97. The maximum absolute atomic E-state index is 11.9. The van der Waals surface area contributed by atoms with Crippen molar-refractivity contribution in [3.8, 4) is 34.3 Å². The van der Waals surface area contributed by atoms with Gasteiger partial charge in [0.05, 0.1) is 47.8 Å². The highest BCUT2D eigenvalue weighted by Crippen LogP contribution is 2.30. The number of amides is 1. The molecule has 0 radical (unpaired) electrons. The van der Waals surface area contributed by atoms with Crippen LogP contribution >= 0.6 is 0 Å². The minimum Gasteiger partial charge on any atom is -0.477 e. The van der Waals surface area contributed by atoms with E-state index < -0.39 is 0 Å². The third-order valence-electron chi connectivity index (χ3n) is 6.27. The Morgan fingerprint density at radius 2 is 1.26 bits per heavy atom. The van der Waals surface area contributed by atoms with Gasteiger partial charge >= 0.3 is 0 Å². The molecule has 0 saturated carbocycles. The van der Waals surface area contributed by atoms with Crippen LogP contribution in [-0.2, 0) is 4.79 Å². The molecule has 0 aliphatic heterocycles. The molecule has 0 saturated heterocycles. The van der Waals surface area contributed by atoms with Gasteiger partial charge in [0.25, 0.3) is 0 Å². The zero-order valence-corrected chi connectivity index (χ0v) is 26.3. The number of carbonyl (C=O) groups excluding carboxylic acids is 1. The summed E-state index contributed by atoms with van der Waals surface area (Å²) in [6.07, 6.45) is 6.94. The SMILES string of the molecule is CCOc1ncccc1-c1nc(C(C)N)ncc1C.CCOc1ncccc1-c1nc(C(C)NC(=O)C(C)C)ncc1C. The molecular weight excluding hydrogens is 544 g/mol. The molecule has 4 aromatic heterocycles. The van der Waals surface area contributed by atoms with Crippen LogP contribution in [0.15, 0.2) is 49.1 Å². The molecule has 1 amide bonds. The van der Waals surface area contributed by atoms with Crippen LogP contribution in [0, 0.1) is 19.8 Å². The molecule has 2 atom stereocenters. The average Bonchev–Trinajstić information content (AvgIpc) is 2.99. The van der Waals surface area contributed by atoms with Gasteiger partial charge in [-0.05, 0) is 76.9 Å². The second-order valence-corrected chi connectivity index (χ2v) is 10.3. The third-order valence-corrected chi connectivity index (χ3v) is 6.27. The molecule has 228 valence electrons. The van der Waals surface area contributed by atoms with Gasteiger partial charge in [0.1, 0.15) is 5.82 Å².